The predicted octanol–water partition coefficient (Wildman–Crippen LogP) is 1.26. The molecule has 1 saturated heterocycles. The summed E-state index contributed by atoms with van der Waals surface area (Å²) in [5, 5.41) is 9.43. The number of carbonyl (C=O) groups is 1. The van der Waals surface area contributed by atoms with Gasteiger partial charge in [-0.25, -0.2) is 9.78 Å². The zero-order valence-electron chi connectivity index (χ0n) is 10.5. The zero-order valence-corrected chi connectivity index (χ0v) is 10.5. The standard InChI is InChI=1S/C13H15N3O3/c17-13(18)11-12(15-5-3-8-19-9-7-15)14-10-4-1-2-6-16(10)11/h1-2,4,6H,3,5,7-9H2,(H,17,18). The number of carboxylic acid groups (broad SMARTS) is 1. The van der Waals surface area contributed by atoms with Crippen LogP contribution in [0.25, 0.3) is 5.65 Å². The minimum absolute atomic E-state index is 0.220. The van der Waals surface area contributed by atoms with Crippen LogP contribution in [0.3, 0.4) is 0 Å². The van der Waals surface area contributed by atoms with Crippen LogP contribution in [0.1, 0.15) is 16.9 Å². The number of hydrogen-bond acceptors (Lipinski definition) is 4. The van der Waals surface area contributed by atoms with Gasteiger partial charge >= 0.3 is 5.97 Å². The average molecular weight is 261 g/mol. The maximum Gasteiger partial charge on any atom is 0.356 e. The number of aromatic carboxylic acids is 1. The Morgan fingerprint density at radius 3 is 3.05 bits per heavy atom. The van der Waals surface area contributed by atoms with Gasteiger partial charge in [0.25, 0.3) is 0 Å². The van der Waals surface area contributed by atoms with Crippen molar-refractivity contribution in [2.24, 2.45) is 0 Å². The summed E-state index contributed by atoms with van der Waals surface area (Å²) in [6, 6.07) is 5.46. The lowest BCUT2D eigenvalue weighted by Crippen LogP contribution is -2.28. The van der Waals surface area contributed by atoms with E-state index in [0.717, 1.165) is 13.0 Å². The molecule has 0 aliphatic carbocycles. The minimum Gasteiger partial charge on any atom is -0.476 e. The van der Waals surface area contributed by atoms with E-state index in [4.69, 9.17) is 4.74 Å². The Balaban J connectivity index is 2.10. The molecule has 0 bridgehead atoms. The Morgan fingerprint density at radius 1 is 1.32 bits per heavy atom. The number of nitrogens with zero attached hydrogens (tertiary/aromatic N) is 3. The summed E-state index contributed by atoms with van der Waals surface area (Å²) in [5.74, 6) is -0.428. The van der Waals surface area contributed by atoms with Crippen LogP contribution in [0.2, 0.25) is 0 Å². The number of fused-ring (bicyclic) bond motifs is 1. The number of aromatic nitrogens is 2. The van der Waals surface area contributed by atoms with Crippen molar-refractivity contribution in [1.82, 2.24) is 9.38 Å². The van der Waals surface area contributed by atoms with E-state index in [0.29, 0.717) is 31.2 Å². The van der Waals surface area contributed by atoms with Crippen molar-refractivity contribution in [3.05, 3.63) is 30.1 Å². The third-order valence-corrected chi connectivity index (χ3v) is 3.24. The first-order valence-corrected chi connectivity index (χ1v) is 6.30. The molecule has 100 valence electrons. The molecule has 0 amide bonds. The van der Waals surface area contributed by atoms with E-state index >= 15 is 0 Å². The van der Waals surface area contributed by atoms with Crippen LogP contribution in [-0.2, 0) is 4.74 Å². The van der Waals surface area contributed by atoms with Gasteiger partial charge in [-0.3, -0.25) is 4.40 Å². The van der Waals surface area contributed by atoms with E-state index in [1.165, 1.54) is 0 Å². The Hall–Kier alpha value is -2.08. The van der Waals surface area contributed by atoms with Crippen molar-refractivity contribution in [1.29, 1.82) is 0 Å². The highest BCUT2D eigenvalue weighted by atomic mass is 16.5. The quantitative estimate of drug-likeness (QED) is 0.881. The molecule has 0 radical (unpaired) electrons. The molecule has 6 heteroatoms. The van der Waals surface area contributed by atoms with Crippen LogP contribution in [0.5, 0.6) is 0 Å². The lowest BCUT2D eigenvalue weighted by Gasteiger charge is -2.19. The average Bonchev–Trinajstić information content (AvgIpc) is 2.59. The Labute approximate surface area is 110 Å². The SMILES string of the molecule is O=C(O)c1c(N2CCCOCC2)nc2ccccn12. The van der Waals surface area contributed by atoms with Crippen LogP contribution in [0.15, 0.2) is 24.4 Å². The van der Waals surface area contributed by atoms with Gasteiger partial charge < -0.3 is 14.7 Å². The number of ether oxygens (including phenoxy) is 1. The fraction of sp³-hybridized carbons (Fsp3) is 0.385. The molecule has 2 aromatic heterocycles. The molecule has 3 rings (SSSR count). The second kappa shape index (κ2) is 4.89. The van der Waals surface area contributed by atoms with Gasteiger partial charge in [0, 0.05) is 25.9 Å². The smallest absolute Gasteiger partial charge is 0.356 e. The van der Waals surface area contributed by atoms with Crippen molar-refractivity contribution < 1.29 is 14.6 Å². The van der Waals surface area contributed by atoms with E-state index < -0.39 is 5.97 Å². The molecule has 1 aliphatic heterocycles. The van der Waals surface area contributed by atoms with Crippen LogP contribution >= 0.6 is 0 Å². The Bertz CT molecular complexity index is 600. The fourth-order valence-electron chi connectivity index (χ4n) is 2.36. The first-order valence-electron chi connectivity index (χ1n) is 6.30. The summed E-state index contributed by atoms with van der Waals surface area (Å²) in [5.41, 5.74) is 0.873. The van der Waals surface area contributed by atoms with Gasteiger partial charge in [0.05, 0.1) is 6.61 Å². The highest BCUT2D eigenvalue weighted by Crippen LogP contribution is 2.22. The van der Waals surface area contributed by atoms with Crippen molar-refractivity contribution in [3.63, 3.8) is 0 Å². The van der Waals surface area contributed by atoms with Crippen LogP contribution < -0.4 is 4.90 Å². The van der Waals surface area contributed by atoms with Gasteiger partial charge in [-0.2, -0.15) is 0 Å². The van der Waals surface area contributed by atoms with Crippen molar-refractivity contribution in [2.75, 3.05) is 31.2 Å². The van der Waals surface area contributed by atoms with Gasteiger partial charge in [-0.1, -0.05) is 6.07 Å². The molecule has 0 aromatic carbocycles. The maximum atomic E-state index is 11.5. The highest BCUT2D eigenvalue weighted by molar-refractivity contribution is 5.93. The fourth-order valence-corrected chi connectivity index (χ4v) is 2.36. The van der Waals surface area contributed by atoms with Gasteiger partial charge in [-0.05, 0) is 18.6 Å². The lowest BCUT2D eigenvalue weighted by atomic mass is 10.3. The molecule has 0 unspecified atom stereocenters. The molecule has 0 saturated carbocycles. The van der Waals surface area contributed by atoms with Gasteiger partial charge in [0.2, 0.25) is 0 Å². The topological polar surface area (TPSA) is 67.1 Å². The van der Waals surface area contributed by atoms with E-state index in [1.807, 2.05) is 17.0 Å². The molecule has 2 aromatic rings. The molecular formula is C13H15N3O3. The van der Waals surface area contributed by atoms with Crippen molar-refractivity contribution in [2.45, 2.75) is 6.42 Å². The van der Waals surface area contributed by atoms with Crippen molar-refractivity contribution in [3.8, 4) is 0 Å². The summed E-state index contributed by atoms with van der Waals surface area (Å²) in [7, 11) is 0. The summed E-state index contributed by atoms with van der Waals surface area (Å²) in [6.07, 6.45) is 2.61. The molecule has 3 heterocycles. The number of pyridine rings is 1. The molecule has 1 aliphatic rings. The summed E-state index contributed by atoms with van der Waals surface area (Å²) in [4.78, 5) is 17.9. The first-order chi connectivity index (χ1) is 9.27. The highest BCUT2D eigenvalue weighted by Gasteiger charge is 2.23. The largest absolute Gasteiger partial charge is 0.476 e. The number of imidazole rings is 1. The van der Waals surface area contributed by atoms with E-state index in [-0.39, 0.29) is 5.69 Å². The second-order valence-electron chi connectivity index (χ2n) is 4.47. The molecule has 19 heavy (non-hydrogen) atoms. The Morgan fingerprint density at radius 2 is 2.21 bits per heavy atom. The summed E-state index contributed by atoms with van der Waals surface area (Å²) in [6.45, 7) is 2.76. The number of anilines is 1. The third-order valence-electron chi connectivity index (χ3n) is 3.24. The molecule has 1 fully saturated rings. The van der Waals surface area contributed by atoms with E-state index in [1.54, 1.807) is 16.7 Å². The molecule has 6 nitrogen and oxygen atoms in total. The number of hydrogen-bond donors (Lipinski definition) is 1. The third kappa shape index (κ3) is 2.15. The van der Waals surface area contributed by atoms with Crippen LogP contribution in [0.4, 0.5) is 5.82 Å². The number of carboxylic acids is 1. The molecular weight excluding hydrogens is 246 g/mol. The molecule has 0 spiro atoms. The van der Waals surface area contributed by atoms with E-state index in [9.17, 15) is 9.90 Å². The van der Waals surface area contributed by atoms with E-state index in [2.05, 4.69) is 4.98 Å². The zero-order chi connectivity index (χ0) is 13.2. The predicted molar refractivity (Wildman–Crippen MR) is 69.8 cm³/mol. The monoisotopic (exact) mass is 261 g/mol. The Kier molecular flexibility index (Phi) is 3.08. The van der Waals surface area contributed by atoms with Gasteiger partial charge in [0.15, 0.2) is 11.5 Å². The normalized spacial score (nSPS) is 16.5. The van der Waals surface area contributed by atoms with Gasteiger partial charge in [0.1, 0.15) is 5.65 Å². The first kappa shape index (κ1) is 12.0. The second-order valence-corrected chi connectivity index (χ2v) is 4.47. The lowest BCUT2D eigenvalue weighted by molar-refractivity contribution is 0.0690. The van der Waals surface area contributed by atoms with Crippen LogP contribution in [-0.4, -0.2) is 46.8 Å². The molecule has 0 atom stereocenters. The van der Waals surface area contributed by atoms with Crippen molar-refractivity contribution >= 4 is 17.4 Å². The molecule has 1 N–H and O–H groups in total. The van der Waals surface area contributed by atoms with Gasteiger partial charge in [-0.15, -0.1) is 0 Å². The maximum absolute atomic E-state index is 11.5. The summed E-state index contributed by atoms with van der Waals surface area (Å²) < 4.78 is 7.01. The number of rotatable bonds is 2. The van der Waals surface area contributed by atoms with Crippen LogP contribution in [0, 0.1) is 0 Å². The summed E-state index contributed by atoms with van der Waals surface area (Å²) >= 11 is 0. The minimum atomic E-state index is -0.959.